The summed E-state index contributed by atoms with van der Waals surface area (Å²) in [5.41, 5.74) is 8.64. The maximum Gasteiger partial charge on any atom is 0.328 e. The van der Waals surface area contributed by atoms with E-state index in [2.05, 4.69) is 4.98 Å². The van der Waals surface area contributed by atoms with Crippen LogP contribution in [0.1, 0.15) is 6.42 Å². The van der Waals surface area contributed by atoms with Crippen LogP contribution in [0.3, 0.4) is 0 Å². The van der Waals surface area contributed by atoms with Gasteiger partial charge in [-0.1, -0.05) is 23.7 Å². The zero-order valence-corrected chi connectivity index (χ0v) is 19.4. The standard InChI is InChI=1S/C15H15ClN4.2C4H4O4/c16-12-4-2-11(3-5-12)15-13-10-18-8-6-14(13)20(19-15)9-1-7-17;2*5-3(6)1-2-4(7)8/h2-6,8,10H,1,7,9,17H2;2*1-2H,(H,5,6)(H,7,8)/b;2*2-1-. The molecular weight excluding hydrogens is 496 g/mol. The minimum atomic E-state index is -1.26. The van der Waals surface area contributed by atoms with Gasteiger partial charge in [0.25, 0.3) is 0 Å². The van der Waals surface area contributed by atoms with Crippen molar-refractivity contribution < 1.29 is 39.6 Å². The molecule has 36 heavy (non-hydrogen) atoms. The number of halogens is 1. The van der Waals surface area contributed by atoms with Gasteiger partial charge in [0.05, 0.1) is 5.52 Å². The highest BCUT2D eigenvalue weighted by Gasteiger charge is 2.12. The summed E-state index contributed by atoms with van der Waals surface area (Å²) in [5.74, 6) is -5.03. The highest BCUT2D eigenvalue weighted by molar-refractivity contribution is 6.30. The minimum Gasteiger partial charge on any atom is -0.478 e. The second-order valence-corrected chi connectivity index (χ2v) is 7.07. The van der Waals surface area contributed by atoms with Crippen LogP contribution < -0.4 is 5.73 Å². The molecule has 1 aromatic carbocycles. The van der Waals surface area contributed by atoms with Gasteiger partial charge < -0.3 is 26.2 Å². The Morgan fingerprint density at radius 1 is 0.861 bits per heavy atom. The number of carboxylic acid groups (broad SMARTS) is 4. The van der Waals surface area contributed by atoms with Gasteiger partial charge in [-0.15, -0.1) is 0 Å². The summed E-state index contributed by atoms with van der Waals surface area (Å²) in [4.78, 5) is 42.4. The number of carbonyl (C=O) groups is 4. The van der Waals surface area contributed by atoms with E-state index in [1.807, 2.05) is 41.2 Å². The molecule has 0 amide bonds. The highest BCUT2D eigenvalue weighted by atomic mass is 35.5. The molecule has 0 aliphatic rings. The fourth-order valence-electron chi connectivity index (χ4n) is 2.54. The quantitative estimate of drug-likeness (QED) is 0.274. The van der Waals surface area contributed by atoms with Gasteiger partial charge >= 0.3 is 23.9 Å². The molecule has 3 aromatic rings. The Kier molecular flexibility index (Phi) is 12.6. The first kappa shape index (κ1) is 29.5. The lowest BCUT2D eigenvalue weighted by Crippen LogP contribution is -2.06. The number of fused-ring (bicyclic) bond motifs is 1. The van der Waals surface area contributed by atoms with Crippen molar-refractivity contribution in [3.8, 4) is 11.3 Å². The predicted octanol–water partition coefficient (Wildman–Crippen LogP) is 2.52. The van der Waals surface area contributed by atoms with Gasteiger partial charge in [-0.25, -0.2) is 19.2 Å². The van der Waals surface area contributed by atoms with Crippen molar-refractivity contribution in [3.63, 3.8) is 0 Å². The Labute approximate surface area is 209 Å². The van der Waals surface area contributed by atoms with Crippen LogP contribution in [0, 0.1) is 0 Å². The van der Waals surface area contributed by atoms with E-state index in [9.17, 15) is 19.2 Å². The van der Waals surface area contributed by atoms with Gasteiger partial charge in [-0.3, -0.25) is 9.67 Å². The Bertz CT molecular complexity index is 1190. The maximum atomic E-state index is 9.55. The third-order valence-corrected chi connectivity index (χ3v) is 4.23. The average Bonchev–Trinajstić information content (AvgIpc) is 3.20. The first-order valence-corrected chi connectivity index (χ1v) is 10.5. The van der Waals surface area contributed by atoms with E-state index in [1.165, 1.54) is 0 Å². The maximum absolute atomic E-state index is 9.55. The molecule has 0 saturated carbocycles. The average molecular weight is 519 g/mol. The van der Waals surface area contributed by atoms with Crippen LogP contribution in [0.15, 0.2) is 67.0 Å². The third-order valence-electron chi connectivity index (χ3n) is 3.98. The number of benzene rings is 1. The molecule has 0 radical (unpaired) electrons. The zero-order valence-electron chi connectivity index (χ0n) is 18.7. The van der Waals surface area contributed by atoms with Crippen molar-refractivity contribution in [3.05, 3.63) is 72.1 Å². The molecule has 0 aliphatic heterocycles. The molecule has 6 N–H and O–H groups in total. The number of aromatic nitrogens is 3. The van der Waals surface area contributed by atoms with E-state index >= 15 is 0 Å². The Hall–Kier alpha value is -4.55. The van der Waals surface area contributed by atoms with E-state index in [4.69, 9.17) is 42.9 Å². The Morgan fingerprint density at radius 2 is 1.36 bits per heavy atom. The van der Waals surface area contributed by atoms with Crippen LogP contribution in [-0.4, -0.2) is 65.6 Å². The summed E-state index contributed by atoms with van der Waals surface area (Å²) >= 11 is 5.94. The molecule has 0 atom stereocenters. The number of carboxylic acids is 4. The molecular formula is C23H23ClN4O8. The van der Waals surface area contributed by atoms with Crippen molar-refractivity contribution in [1.29, 1.82) is 0 Å². The predicted molar refractivity (Wildman–Crippen MR) is 130 cm³/mol. The van der Waals surface area contributed by atoms with Gasteiger partial charge in [-0.2, -0.15) is 5.10 Å². The fraction of sp³-hybridized carbons (Fsp3) is 0.130. The lowest BCUT2D eigenvalue weighted by Gasteiger charge is -2.00. The van der Waals surface area contributed by atoms with Crippen LogP contribution in [0.5, 0.6) is 0 Å². The third kappa shape index (κ3) is 11.0. The van der Waals surface area contributed by atoms with Crippen LogP contribution in [-0.2, 0) is 25.7 Å². The summed E-state index contributed by atoms with van der Waals surface area (Å²) in [6, 6.07) is 9.68. The molecule has 13 heteroatoms. The molecule has 0 saturated heterocycles. The summed E-state index contributed by atoms with van der Waals surface area (Å²) in [6.45, 7) is 1.47. The SMILES string of the molecule is NCCCn1nc(-c2ccc(Cl)cc2)c2cnccc21.O=C(O)/C=C\C(=O)O.O=C(O)/C=C\C(=O)O. The first-order valence-electron chi connectivity index (χ1n) is 10.1. The van der Waals surface area contributed by atoms with Gasteiger partial charge in [0.2, 0.25) is 0 Å². The normalized spacial score (nSPS) is 10.4. The van der Waals surface area contributed by atoms with Gasteiger partial charge in [0.1, 0.15) is 5.69 Å². The minimum absolute atomic E-state index is 0.558. The number of aliphatic carboxylic acids is 4. The molecule has 0 spiro atoms. The number of hydrogen-bond acceptors (Lipinski definition) is 7. The summed E-state index contributed by atoms with van der Waals surface area (Å²) < 4.78 is 1.99. The number of rotatable bonds is 8. The van der Waals surface area contributed by atoms with Gasteiger partial charge in [0, 0.05) is 59.2 Å². The van der Waals surface area contributed by atoms with Crippen molar-refractivity contribution in [1.82, 2.24) is 14.8 Å². The second-order valence-electron chi connectivity index (χ2n) is 6.63. The summed E-state index contributed by atoms with van der Waals surface area (Å²) in [7, 11) is 0. The Morgan fingerprint density at radius 3 is 1.81 bits per heavy atom. The fourth-order valence-corrected chi connectivity index (χ4v) is 2.67. The number of nitrogens with zero attached hydrogens (tertiary/aromatic N) is 3. The molecule has 12 nitrogen and oxygen atoms in total. The van der Waals surface area contributed by atoms with Gasteiger partial charge in [0.15, 0.2) is 0 Å². The Balaban J connectivity index is 0.000000337. The topological polar surface area (TPSA) is 206 Å². The van der Waals surface area contributed by atoms with E-state index in [0.717, 1.165) is 40.1 Å². The molecule has 0 bridgehead atoms. The summed E-state index contributed by atoms with van der Waals surface area (Å²) in [6.07, 6.45) is 6.77. The number of aryl methyl sites for hydroxylation is 1. The van der Waals surface area contributed by atoms with Crippen molar-refractivity contribution in [2.45, 2.75) is 13.0 Å². The molecule has 2 heterocycles. The molecule has 0 fully saturated rings. The van der Waals surface area contributed by atoms with Crippen molar-refractivity contribution >= 4 is 46.4 Å². The van der Waals surface area contributed by atoms with Crippen LogP contribution in [0.25, 0.3) is 22.2 Å². The van der Waals surface area contributed by atoms with E-state index in [1.54, 1.807) is 6.20 Å². The van der Waals surface area contributed by atoms with E-state index < -0.39 is 23.9 Å². The molecule has 3 rings (SSSR count). The monoisotopic (exact) mass is 518 g/mol. The number of nitrogens with two attached hydrogens (primary N) is 1. The van der Waals surface area contributed by atoms with E-state index in [0.29, 0.717) is 30.8 Å². The lowest BCUT2D eigenvalue weighted by atomic mass is 10.1. The number of hydrogen-bond donors (Lipinski definition) is 5. The van der Waals surface area contributed by atoms with Crippen molar-refractivity contribution in [2.24, 2.45) is 5.73 Å². The lowest BCUT2D eigenvalue weighted by molar-refractivity contribution is -0.134. The van der Waals surface area contributed by atoms with E-state index in [-0.39, 0.29) is 0 Å². The molecule has 0 aliphatic carbocycles. The second kappa shape index (κ2) is 15.4. The zero-order chi connectivity index (χ0) is 27.1. The summed E-state index contributed by atoms with van der Waals surface area (Å²) in [5, 5.41) is 37.7. The first-order chi connectivity index (χ1) is 17.0. The van der Waals surface area contributed by atoms with Gasteiger partial charge in [-0.05, 0) is 31.2 Å². The smallest absolute Gasteiger partial charge is 0.328 e. The molecule has 0 unspecified atom stereocenters. The van der Waals surface area contributed by atoms with Crippen LogP contribution in [0.2, 0.25) is 5.02 Å². The molecule has 190 valence electrons. The highest BCUT2D eigenvalue weighted by Crippen LogP contribution is 2.28. The van der Waals surface area contributed by atoms with Crippen LogP contribution in [0.4, 0.5) is 0 Å². The number of pyridine rings is 1. The molecule has 2 aromatic heterocycles. The van der Waals surface area contributed by atoms with Crippen LogP contribution >= 0.6 is 11.6 Å². The largest absolute Gasteiger partial charge is 0.478 e. The van der Waals surface area contributed by atoms with Crippen molar-refractivity contribution in [2.75, 3.05) is 6.54 Å².